The summed E-state index contributed by atoms with van der Waals surface area (Å²) in [5.74, 6) is -3.41. The number of nitrogens with two attached hydrogens (primary N) is 1. The molecule has 2 aliphatic heterocycles. The van der Waals surface area contributed by atoms with E-state index in [-0.39, 0.29) is 35.1 Å². The standard InChI is InChI=1S/C30H43F2N5O5/c1-30(2,3)42-29(40)37-21-6-4-19(12-21)26(37)28(39)36-23(27(34)38)13-18-5-7-22(25(32)24(18)31)20(14-33)16-35-15-17-8-10-41-11-9-17/h5,7,14,16-17,19,21,23,26,29,33,35,40H,4,6,8-13,15H2,1-3H3,(H2,34,38)(H,36,39)/b20-16+,33-14?/t19-,21+,23-,26-,29?/m0/s1. The highest BCUT2D eigenvalue weighted by atomic mass is 19.2. The van der Waals surface area contributed by atoms with Gasteiger partial charge in [0, 0.05) is 55.8 Å². The molecular weight excluding hydrogens is 548 g/mol. The normalized spacial score (nSPS) is 24.8. The van der Waals surface area contributed by atoms with Crippen molar-refractivity contribution in [2.45, 2.75) is 89.4 Å². The number of primary amides is 1. The van der Waals surface area contributed by atoms with Crippen molar-refractivity contribution in [3.8, 4) is 0 Å². The Labute approximate surface area is 245 Å². The number of halogens is 2. The number of carbonyl (C=O) groups excluding carboxylic acids is 2. The Bertz CT molecular complexity index is 1180. The second-order valence-electron chi connectivity index (χ2n) is 12.5. The summed E-state index contributed by atoms with van der Waals surface area (Å²) >= 11 is 0. The first-order valence-corrected chi connectivity index (χ1v) is 14.6. The lowest BCUT2D eigenvalue weighted by Crippen LogP contribution is -2.59. The number of amides is 2. The monoisotopic (exact) mass is 591 g/mol. The third kappa shape index (κ3) is 7.52. The number of hydrogen-bond acceptors (Lipinski definition) is 8. The topological polar surface area (TPSA) is 150 Å². The molecule has 4 rings (SSSR count). The Morgan fingerprint density at radius 2 is 1.93 bits per heavy atom. The number of carbonyl (C=O) groups is 2. The zero-order valence-corrected chi connectivity index (χ0v) is 24.5. The van der Waals surface area contributed by atoms with Crippen LogP contribution in [0.2, 0.25) is 0 Å². The first kappa shape index (κ1) is 32.0. The number of fused-ring (bicyclic) bond motifs is 2. The molecule has 0 radical (unpaired) electrons. The van der Waals surface area contributed by atoms with Gasteiger partial charge in [-0.15, -0.1) is 0 Å². The van der Waals surface area contributed by atoms with E-state index in [9.17, 15) is 14.7 Å². The summed E-state index contributed by atoms with van der Waals surface area (Å²) in [7, 11) is 0. The fourth-order valence-electron chi connectivity index (χ4n) is 6.22. The van der Waals surface area contributed by atoms with Gasteiger partial charge in [-0.3, -0.25) is 9.59 Å². The smallest absolute Gasteiger partial charge is 0.240 e. The molecule has 1 aliphatic carbocycles. The molecule has 3 aliphatic rings. The maximum absolute atomic E-state index is 15.2. The summed E-state index contributed by atoms with van der Waals surface area (Å²) in [6.07, 6.45) is 4.87. The van der Waals surface area contributed by atoms with Crippen LogP contribution in [0, 0.1) is 28.9 Å². The largest absolute Gasteiger partial charge is 0.390 e. The van der Waals surface area contributed by atoms with E-state index in [0.717, 1.165) is 31.9 Å². The maximum atomic E-state index is 15.2. The van der Waals surface area contributed by atoms with Crippen LogP contribution < -0.4 is 16.4 Å². The van der Waals surface area contributed by atoms with Gasteiger partial charge in [0.25, 0.3) is 0 Å². The Hall–Kier alpha value is -2.93. The van der Waals surface area contributed by atoms with Crippen molar-refractivity contribution in [3.05, 3.63) is 41.1 Å². The summed E-state index contributed by atoms with van der Waals surface area (Å²) in [4.78, 5) is 27.4. The highest BCUT2D eigenvalue weighted by Gasteiger charge is 2.52. The predicted octanol–water partition coefficient (Wildman–Crippen LogP) is 2.43. The van der Waals surface area contributed by atoms with Crippen molar-refractivity contribution in [2.75, 3.05) is 19.8 Å². The Kier molecular flexibility index (Phi) is 10.3. The highest BCUT2D eigenvalue weighted by Crippen LogP contribution is 2.44. The molecule has 1 saturated carbocycles. The van der Waals surface area contributed by atoms with Crippen LogP contribution in [0.1, 0.15) is 64.0 Å². The van der Waals surface area contributed by atoms with Gasteiger partial charge in [-0.25, -0.2) is 13.7 Å². The number of nitrogens with one attached hydrogen (secondary N) is 3. The summed E-state index contributed by atoms with van der Waals surface area (Å²) in [5.41, 5.74) is 4.85. The van der Waals surface area contributed by atoms with E-state index in [1.165, 1.54) is 18.3 Å². The highest BCUT2D eigenvalue weighted by molar-refractivity contribution is 6.08. The van der Waals surface area contributed by atoms with Gasteiger partial charge in [-0.2, -0.15) is 0 Å². The van der Waals surface area contributed by atoms with Crippen LogP contribution in [0.3, 0.4) is 0 Å². The van der Waals surface area contributed by atoms with Crippen LogP contribution >= 0.6 is 0 Å². The lowest BCUT2D eigenvalue weighted by Gasteiger charge is -2.39. The predicted molar refractivity (Wildman–Crippen MR) is 153 cm³/mol. The Balaban J connectivity index is 1.45. The molecule has 2 amide bonds. The molecule has 1 aromatic carbocycles. The van der Waals surface area contributed by atoms with Gasteiger partial charge in [0.05, 0.1) is 11.6 Å². The summed E-state index contributed by atoms with van der Waals surface area (Å²) in [5, 5.41) is 24.2. The number of aliphatic hydroxyl groups excluding tert-OH is 1. The first-order chi connectivity index (χ1) is 19.9. The molecule has 42 heavy (non-hydrogen) atoms. The number of ether oxygens (including phenoxy) is 2. The summed E-state index contributed by atoms with van der Waals surface area (Å²) in [6, 6.07) is 0.574. The van der Waals surface area contributed by atoms with Gasteiger partial charge in [0.2, 0.25) is 18.2 Å². The lowest BCUT2D eigenvalue weighted by molar-refractivity contribution is -0.254. The van der Waals surface area contributed by atoms with Crippen LogP contribution in [0.15, 0.2) is 18.3 Å². The zero-order chi connectivity index (χ0) is 30.6. The van der Waals surface area contributed by atoms with E-state index < -0.39 is 47.5 Å². The second-order valence-corrected chi connectivity index (χ2v) is 12.5. The molecule has 232 valence electrons. The SMILES string of the molecule is CC(C)(C)OC(O)N1[C@@H]2CC[C@@H](C2)[C@H]1C(=O)N[C@@H](Cc1ccc(/C(C=N)=C/NCC2CCOCC2)c(F)c1F)C(N)=O. The molecule has 2 heterocycles. The molecular formula is C30H43F2N5O5. The number of piperidine rings is 1. The van der Waals surface area contributed by atoms with E-state index in [4.69, 9.17) is 20.6 Å². The molecule has 2 saturated heterocycles. The third-order valence-corrected chi connectivity index (χ3v) is 8.34. The van der Waals surface area contributed by atoms with E-state index in [2.05, 4.69) is 10.6 Å². The fourth-order valence-corrected chi connectivity index (χ4v) is 6.22. The number of hydrogen-bond donors (Lipinski definition) is 5. The molecule has 0 spiro atoms. The van der Waals surface area contributed by atoms with Gasteiger partial charge < -0.3 is 36.4 Å². The summed E-state index contributed by atoms with van der Waals surface area (Å²) in [6.45, 7) is 7.40. The Morgan fingerprint density at radius 3 is 2.57 bits per heavy atom. The minimum Gasteiger partial charge on any atom is -0.390 e. The number of likely N-dealkylation sites (tertiary alicyclic amines) is 1. The van der Waals surface area contributed by atoms with Crippen molar-refractivity contribution >= 4 is 23.6 Å². The van der Waals surface area contributed by atoms with Crippen molar-refractivity contribution in [2.24, 2.45) is 17.6 Å². The van der Waals surface area contributed by atoms with E-state index in [1.807, 2.05) is 0 Å². The Morgan fingerprint density at radius 1 is 1.21 bits per heavy atom. The molecule has 0 aromatic heterocycles. The number of nitrogens with zero attached hydrogens (tertiary/aromatic N) is 1. The zero-order valence-electron chi connectivity index (χ0n) is 24.5. The maximum Gasteiger partial charge on any atom is 0.240 e. The average Bonchev–Trinajstić information content (AvgIpc) is 3.55. The molecule has 12 heteroatoms. The van der Waals surface area contributed by atoms with Gasteiger partial charge >= 0.3 is 0 Å². The average molecular weight is 592 g/mol. The van der Waals surface area contributed by atoms with Crippen molar-refractivity contribution in [1.82, 2.24) is 15.5 Å². The van der Waals surface area contributed by atoms with Gasteiger partial charge in [0.15, 0.2) is 11.6 Å². The minimum atomic E-state index is -1.32. The van der Waals surface area contributed by atoms with Crippen LogP contribution in [0.25, 0.3) is 5.57 Å². The molecule has 3 fully saturated rings. The number of aliphatic hydroxyl groups is 1. The van der Waals surface area contributed by atoms with Crippen molar-refractivity contribution < 1.29 is 33.0 Å². The summed E-state index contributed by atoms with van der Waals surface area (Å²) < 4.78 is 41.5. The number of allylic oxidation sites excluding steroid dienone is 1. The van der Waals surface area contributed by atoms with E-state index >= 15 is 8.78 Å². The fraction of sp³-hybridized carbons (Fsp3) is 0.633. The first-order valence-electron chi connectivity index (χ1n) is 14.6. The molecule has 10 nitrogen and oxygen atoms in total. The van der Waals surface area contributed by atoms with Crippen LogP contribution in [0.4, 0.5) is 8.78 Å². The molecule has 6 N–H and O–H groups in total. The van der Waals surface area contributed by atoms with Crippen LogP contribution in [-0.4, -0.2) is 77.9 Å². The van der Waals surface area contributed by atoms with Gasteiger partial charge in [-0.05, 0) is 70.3 Å². The molecule has 1 unspecified atom stereocenters. The van der Waals surface area contributed by atoms with E-state index in [1.54, 1.807) is 25.7 Å². The van der Waals surface area contributed by atoms with Crippen molar-refractivity contribution in [3.63, 3.8) is 0 Å². The lowest BCUT2D eigenvalue weighted by atomic mass is 9.96. The number of rotatable bonds is 12. The number of benzene rings is 1. The van der Waals surface area contributed by atoms with E-state index in [0.29, 0.717) is 32.1 Å². The van der Waals surface area contributed by atoms with Gasteiger partial charge in [0.1, 0.15) is 6.04 Å². The molecule has 2 bridgehead atoms. The molecule has 5 atom stereocenters. The van der Waals surface area contributed by atoms with Crippen molar-refractivity contribution in [1.29, 1.82) is 5.41 Å². The second kappa shape index (κ2) is 13.6. The third-order valence-electron chi connectivity index (χ3n) is 8.34. The minimum absolute atomic E-state index is 0.0402. The molecule has 1 aromatic rings. The van der Waals surface area contributed by atoms with Gasteiger partial charge in [-0.1, -0.05) is 12.1 Å². The van der Waals surface area contributed by atoms with Crippen LogP contribution in [-0.2, 0) is 25.5 Å². The quantitative estimate of drug-likeness (QED) is 0.185. The van der Waals surface area contributed by atoms with Crippen LogP contribution in [0.5, 0.6) is 0 Å².